The van der Waals surface area contributed by atoms with E-state index in [2.05, 4.69) is 31.3 Å². The Labute approximate surface area is 541 Å². The Morgan fingerprint density at radius 1 is 0.379 bits per heavy atom. The average molecular weight is 1230 g/mol. The van der Waals surface area contributed by atoms with Crippen LogP contribution in [-0.2, 0) is 14.3 Å². The fourth-order valence-electron chi connectivity index (χ4n) is 13.2. The lowest BCUT2D eigenvalue weighted by molar-refractivity contribution is -0.302. The van der Waals surface area contributed by atoms with E-state index in [1.54, 1.807) is 0 Å². The Hall–Kier alpha value is -1.07. The Morgan fingerprint density at radius 2 is 0.644 bits per heavy atom. The summed E-state index contributed by atoms with van der Waals surface area (Å²) in [4.78, 5) is 13.2. The van der Waals surface area contributed by atoms with Crippen molar-refractivity contribution in [3.8, 4) is 0 Å². The summed E-state index contributed by atoms with van der Waals surface area (Å²) in [7, 11) is 0. The molecule has 1 aliphatic rings. The molecular formula is C78H153NO8. The van der Waals surface area contributed by atoms with Crippen LogP contribution in [0.4, 0.5) is 0 Å². The fourth-order valence-corrected chi connectivity index (χ4v) is 13.2. The van der Waals surface area contributed by atoms with Gasteiger partial charge in [0.15, 0.2) is 6.29 Å². The van der Waals surface area contributed by atoms with Crippen molar-refractivity contribution < 1.29 is 39.8 Å². The molecule has 0 aliphatic carbocycles. The van der Waals surface area contributed by atoms with Crippen LogP contribution in [-0.4, -0.2) is 87.5 Å². The molecule has 0 aromatic heterocycles. The maximum Gasteiger partial charge on any atom is 0.220 e. The normalized spacial score (nSPS) is 17.9. The number of ether oxygens (including phenoxy) is 2. The van der Waals surface area contributed by atoms with Gasteiger partial charge in [-0.05, 0) is 38.5 Å². The van der Waals surface area contributed by atoms with E-state index in [9.17, 15) is 30.3 Å². The molecule has 9 nitrogen and oxygen atoms in total. The Balaban J connectivity index is 2.01. The molecule has 518 valence electrons. The summed E-state index contributed by atoms with van der Waals surface area (Å²) in [6, 6.07) is -0.716. The Morgan fingerprint density at radius 3 is 0.931 bits per heavy atom. The quantitative estimate of drug-likeness (QED) is 0.0261. The van der Waals surface area contributed by atoms with Crippen LogP contribution in [0.2, 0.25) is 0 Å². The highest BCUT2D eigenvalue weighted by atomic mass is 16.7. The van der Waals surface area contributed by atoms with Gasteiger partial charge in [-0.3, -0.25) is 4.79 Å². The lowest BCUT2D eigenvalue weighted by Gasteiger charge is -2.40. The van der Waals surface area contributed by atoms with Crippen LogP contribution in [0.25, 0.3) is 0 Å². The molecule has 9 heteroatoms. The number of aliphatic hydroxyl groups excluding tert-OH is 5. The van der Waals surface area contributed by atoms with Gasteiger partial charge in [0.25, 0.3) is 0 Å². The van der Waals surface area contributed by atoms with E-state index < -0.39 is 49.5 Å². The minimum absolute atomic E-state index is 0.131. The maximum atomic E-state index is 13.2. The second-order valence-corrected chi connectivity index (χ2v) is 27.9. The van der Waals surface area contributed by atoms with E-state index in [-0.39, 0.29) is 12.5 Å². The van der Waals surface area contributed by atoms with Gasteiger partial charge in [-0.15, -0.1) is 0 Å². The molecule has 1 amide bonds. The summed E-state index contributed by atoms with van der Waals surface area (Å²) in [5.74, 6) is -0.133. The zero-order valence-corrected chi connectivity index (χ0v) is 58.3. The molecule has 7 unspecified atom stereocenters. The summed E-state index contributed by atoms with van der Waals surface area (Å²) in [6.07, 6.45) is 81.9. The third-order valence-electron chi connectivity index (χ3n) is 19.4. The SMILES string of the molecule is CCCCCCCCCC/C=C\CCCCCCCCCCCCCCCCCCCCCCCCCCCCCCCC(=O)NC(COC1OC(CO)C(O)C(O)C1O)C(O)CCCCCCCCCCCCCCCCCCCCCCCCC. The number of amides is 1. The van der Waals surface area contributed by atoms with Crippen LogP contribution in [0, 0.1) is 0 Å². The van der Waals surface area contributed by atoms with E-state index in [0.29, 0.717) is 12.8 Å². The van der Waals surface area contributed by atoms with Crippen LogP contribution in [0.15, 0.2) is 12.2 Å². The first-order valence-corrected chi connectivity index (χ1v) is 39.4. The summed E-state index contributed by atoms with van der Waals surface area (Å²) < 4.78 is 11.4. The van der Waals surface area contributed by atoms with E-state index in [1.807, 2.05) is 0 Å². The molecule has 1 heterocycles. The molecule has 6 N–H and O–H groups in total. The number of rotatable bonds is 71. The molecule has 1 saturated heterocycles. The van der Waals surface area contributed by atoms with E-state index in [1.165, 1.54) is 360 Å². The van der Waals surface area contributed by atoms with Gasteiger partial charge in [-0.2, -0.15) is 0 Å². The van der Waals surface area contributed by atoms with Crippen molar-refractivity contribution in [1.82, 2.24) is 5.32 Å². The summed E-state index contributed by atoms with van der Waals surface area (Å²) in [5.41, 5.74) is 0. The molecule has 87 heavy (non-hydrogen) atoms. The summed E-state index contributed by atoms with van der Waals surface area (Å²) in [6.45, 7) is 3.91. The largest absolute Gasteiger partial charge is 0.394 e. The second kappa shape index (κ2) is 67.8. The molecule has 1 rings (SSSR count). The van der Waals surface area contributed by atoms with Crippen molar-refractivity contribution in [2.24, 2.45) is 0 Å². The zero-order chi connectivity index (χ0) is 62.8. The van der Waals surface area contributed by atoms with Crippen molar-refractivity contribution in [2.75, 3.05) is 13.2 Å². The summed E-state index contributed by atoms with van der Waals surface area (Å²) >= 11 is 0. The number of hydrogen-bond acceptors (Lipinski definition) is 8. The van der Waals surface area contributed by atoms with Crippen LogP contribution >= 0.6 is 0 Å². The second-order valence-electron chi connectivity index (χ2n) is 27.9. The van der Waals surface area contributed by atoms with Crippen LogP contribution in [0.3, 0.4) is 0 Å². The highest BCUT2D eigenvalue weighted by Gasteiger charge is 2.44. The lowest BCUT2D eigenvalue weighted by Crippen LogP contribution is -2.60. The van der Waals surface area contributed by atoms with Crippen LogP contribution in [0.5, 0.6) is 0 Å². The third-order valence-corrected chi connectivity index (χ3v) is 19.4. The molecule has 0 spiro atoms. The van der Waals surface area contributed by atoms with E-state index in [0.717, 1.165) is 38.5 Å². The third kappa shape index (κ3) is 56.2. The minimum Gasteiger partial charge on any atom is -0.394 e. The maximum absolute atomic E-state index is 13.2. The topological polar surface area (TPSA) is 149 Å². The highest BCUT2D eigenvalue weighted by Crippen LogP contribution is 2.24. The van der Waals surface area contributed by atoms with Gasteiger partial charge in [0.2, 0.25) is 5.91 Å². The molecule has 7 atom stereocenters. The van der Waals surface area contributed by atoms with Gasteiger partial charge in [-0.1, -0.05) is 392 Å². The number of hydrogen-bond donors (Lipinski definition) is 6. The average Bonchev–Trinajstić information content (AvgIpc) is 3.47. The molecule has 0 aromatic rings. The van der Waals surface area contributed by atoms with Crippen molar-refractivity contribution in [3.63, 3.8) is 0 Å². The lowest BCUT2D eigenvalue weighted by atomic mass is 9.99. The smallest absolute Gasteiger partial charge is 0.220 e. The Kier molecular flexibility index (Phi) is 65.4. The predicted octanol–water partition coefficient (Wildman–Crippen LogP) is 22.2. The molecule has 1 aliphatic heterocycles. The van der Waals surface area contributed by atoms with E-state index in [4.69, 9.17) is 9.47 Å². The highest BCUT2D eigenvalue weighted by molar-refractivity contribution is 5.76. The number of aliphatic hydroxyl groups is 5. The molecule has 1 fully saturated rings. The fraction of sp³-hybridized carbons (Fsp3) is 0.962. The molecule has 0 aromatic carbocycles. The minimum atomic E-state index is -1.55. The van der Waals surface area contributed by atoms with Gasteiger partial charge in [-0.25, -0.2) is 0 Å². The van der Waals surface area contributed by atoms with Crippen molar-refractivity contribution in [2.45, 2.75) is 468 Å². The first-order chi connectivity index (χ1) is 42.8. The number of unbranched alkanes of at least 4 members (excludes halogenated alkanes) is 59. The number of carbonyl (C=O) groups excluding carboxylic acids is 1. The number of allylic oxidation sites excluding steroid dienone is 2. The zero-order valence-electron chi connectivity index (χ0n) is 58.3. The molecule has 0 bridgehead atoms. The first kappa shape index (κ1) is 83.9. The predicted molar refractivity (Wildman–Crippen MR) is 374 cm³/mol. The van der Waals surface area contributed by atoms with Crippen molar-refractivity contribution in [1.29, 1.82) is 0 Å². The molecule has 0 saturated carbocycles. The van der Waals surface area contributed by atoms with Crippen molar-refractivity contribution >= 4 is 5.91 Å². The monoisotopic (exact) mass is 1230 g/mol. The van der Waals surface area contributed by atoms with Crippen LogP contribution < -0.4 is 5.32 Å². The standard InChI is InChI=1S/C78H153NO8/c1-3-5-7-9-11-13-15-17-19-21-23-25-27-28-29-30-31-32-33-34-35-36-37-38-39-40-41-42-43-44-46-48-50-52-54-56-58-60-62-64-66-68-74(82)79-71(70-86-78-77(85)76(84)75(83)73(69-80)87-78)72(81)67-65-63-61-59-57-55-53-51-49-47-45-26-24-22-20-18-16-14-12-10-8-6-4-2/h21,23,71-73,75-78,80-81,83-85H,3-20,22,24-70H2,1-2H3,(H,79,82)/b23-21-. The Bertz CT molecular complexity index is 1380. The first-order valence-electron chi connectivity index (χ1n) is 39.4. The van der Waals surface area contributed by atoms with E-state index >= 15 is 0 Å². The number of nitrogens with one attached hydrogen (secondary N) is 1. The van der Waals surface area contributed by atoms with Crippen LogP contribution in [0.1, 0.15) is 425 Å². The molecule has 0 radical (unpaired) electrons. The summed E-state index contributed by atoms with van der Waals surface area (Å²) in [5, 5.41) is 55.0. The van der Waals surface area contributed by atoms with Gasteiger partial charge < -0.3 is 40.3 Å². The van der Waals surface area contributed by atoms with Gasteiger partial charge in [0.05, 0.1) is 25.4 Å². The van der Waals surface area contributed by atoms with Crippen molar-refractivity contribution in [3.05, 3.63) is 12.2 Å². The van der Waals surface area contributed by atoms with Gasteiger partial charge in [0, 0.05) is 6.42 Å². The molecular weight excluding hydrogens is 1080 g/mol. The van der Waals surface area contributed by atoms with Gasteiger partial charge in [0.1, 0.15) is 24.4 Å². The van der Waals surface area contributed by atoms with Gasteiger partial charge >= 0.3 is 0 Å². The number of carbonyl (C=O) groups is 1.